The van der Waals surface area contributed by atoms with Crippen molar-refractivity contribution >= 4 is 21.6 Å². The highest BCUT2D eigenvalue weighted by Gasteiger charge is 2.31. The normalized spacial score (nSPS) is 12.2. The highest BCUT2D eigenvalue weighted by molar-refractivity contribution is 7.92. The summed E-state index contributed by atoms with van der Waals surface area (Å²) in [6.07, 6.45) is 1.36. The van der Waals surface area contributed by atoms with Gasteiger partial charge in [0.2, 0.25) is 27.6 Å². The topological polar surface area (TPSA) is 115 Å². The maximum Gasteiger partial charge on any atom is 0.246 e. The van der Waals surface area contributed by atoms with Gasteiger partial charge in [-0.1, -0.05) is 30.3 Å². The molecule has 31 heavy (non-hydrogen) atoms. The van der Waals surface area contributed by atoms with Gasteiger partial charge in [-0.25, -0.2) is 8.42 Å². The van der Waals surface area contributed by atoms with Crippen LogP contribution in [0.4, 0.5) is 5.69 Å². The van der Waals surface area contributed by atoms with Crippen LogP contribution in [-0.2, 0) is 21.4 Å². The molecule has 1 aromatic heterocycles. The van der Waals surface area contributed by atoms with Crippen molar-refractivity contribution in [2.75, 3.05) is 17.7 Å². The third-order valence-corrected chi connectivity index (χ3v) is 5.75. The SMILES string of the molecule is CCC(C(=O)NCc1nc(-c2ccc(OC)cc2)no1)N(c1ccccc1)S(C)(=O)=O. The lowest BCUT2D eigenvalue weighted by molar-refractivity contribution is -0.122. The van der Waals surface area contributed by atoms with Gasteiger partial charge in [0.25, 0.3) is 0 Å². The highest BCUT2D eigenvalue weighted by Crippen LogP contribution is 2.22. The predicted octanol–water partition coefficient (Wildman–Crippen LogP) is 2.61. The van der Waals surface area contributed by atoms with E-state index in [2.05, 4.69) is 15.5 Å². The van der Waals surface area contributed by atoms with E-state index in [1.165, 1.54) is 0 Å². The van der Waals surface area contributed by atoms with Crippen LogP contribution < -0.4 is 14.4 Å². The first-order chi connectivity index (χ1) is 14.8. The number of amides is 1. The van der Waals surface area contributed by atoms with E-state index in [9.17, 15) is 13.2 Å². The van der Waals surface area contributed by atoms with Crippen LogP contribution >= 0.6 is 0 Å². The predicted molar refractivity (Wildman–Crippen MR) is 116 cm³/mol. The molecule has 0 fully saturated rings. The number of aromatic nitrogens is 2. The molecule has 1 amide bonds. The first-order valence-corrected chi connectivity index (χ1v) is 11.5. The second-order valence-electron chi connectivity index (χ2n) is 6.78. The number of carbonyl (C=O) groups is 1. The molecule has 0 aliphatic rings. The fraction of sp³-hybridized carbons (Fsp3) is 0.286. The van der Waals surface area contributed by atoms with Crippen molar-refractivity contribution in [3.8, 4) is 17.1 Å². The zero-order valence-corrected chi connectivity index (χ0v) is 18.3. The largest absolute Gasteiger partial charge is 0.497 e. The molecule has 10 heteroatoms. The van der Waals surface area contributed by atoms with E-state index in [1.54, 1.807) is 68.6 Å². The van der Waals surface area contributed by atoms with Crippen molar-refractivity contribution in [3.63, 3.8) is 0 Å². The summed E-state index contributed by atoms with van der Waals surface area (Å²) in [5.41, 5.74) is 1.16. The summed E-state index contributed by atoms with van der Waals surface area (Å²) in [6, 6.07) is 14.7. The number of anilines is 1. The molecular weight excluding hydrogens is 420 g/mol. The Morgan fingerprint density at radius 2 is 1.84 bits per heavy atom. The fourth-order valence-electron chi connectivity index (χ4n) is 3.10. The molecule has 0 aliphatic heterocycles. The maximum absolute atomic E-state index is 12.8. The molecule has 0 saturated carbocycles. The van der Waals surface area contributed by atoms with E-state index in [-0.39, 0.29) is 18.9 Å². The third kappa shape index (κ3) is 5.40. The van der Waals surface area contributed by atoms with Crippen molar-refractivity contribution in [1.29, 1.82) is 0 Å². The van der Waals surface area contributed by atoms with Crippen LogP contribution in [0.1, 0.15) is 19.2 Å². The highest BCUT2D eigenvalue weighted by atomic mass is 32.2. The molecule has 9 nitrogen and oxygen atoms in total. The van der Waals surface area contributed by atoms with Crippen molar-refractivity contribution < 1.29 is 22.5 Å². The van der Waals surface area contributed by atoms with E-state index >= 15 is 0 Å². The van der Waals surface area contributed by atoms with Gasteiger partial charge in [-0.15, -0.1) is 0 Å². The average molecular weight is 445 g/mol. The Hall–Kier alpha value is -3.40. The van der Waals surface area contributed by atoms with Gasteiger partial charge in [-0.05, 0) is 42.8 Å². The van der Waals surface area contributed by atoms with Crippen LogP contribution in [0.15, 0.2) is 59.1 Å². The zero-order chi connectivity index (χ0) is 22.4. The number of sulfonamides is 1. The number of methoxy groups -OCH3 is 1. The second-order valence-corrected chi connectivity index (χ2v) is 8.64. The van der Waals surface area contributed by atoms with Crippen molar-refractivity contribution in [2.45, 2.75) is 25.9 Å². The number of ether oxygens (including phenoxy) is 1. The molecular formula is C21H24N4O5S. The molecule has 0 bridgehead atoms. The van der Waals surface area contributed by atoms with E-state index in [1.807, 2.05) is 0 Å². The summed E-state index contributed by atoms with van der Waals surface area (Å²) in [4.78, 5) is 17.1. The maximum atomic E-state index is 12.8. The Bertz CT molecular complexity index is 1110. The Labute approximate surface area is 181 Å². The number of nitrogens with one attached hydrogen (secondary N) is 1. The van der Waals surface area contributed by atoms with Crippen LogP contribution in [0, 0.1) is 0 Å². The molecule has 0 radical (unpaired) electrons. The lowest BCUT2D eigenvalue weighted by Crippen LogP contribution is -2.49. The van der Waals surface area contributed by atoms with E-state index < -0.39 is 22.0 Å². The quantitative estimate of drug-likeness (QED) is 0.539. The molecule has 0 saturated heterocycles. The van der Waals surface area contributed by atoms with Crippen molar-refractivity contribution in [1.82, 2.24) is 15.5 Å². The molecule has 1 heterocycles. The molecule has 2 aromatic carbocycles. The Morgan fingerprint density at radius 3 is 2.42 bits per heavy atom. The van der Waals surface area contributed by atoms with Crippen LogP contribution in [0.5, 0.6) is 5.75 Å². The third-order valence-electron chi connectivity index (χ3n) is 4.57. The van der Waals surface area contributed by atoms with Gasteiger partial charge in [0.05, 0.1) is 25.6 Å². The summed E-state index contributed by atoms with van der Waals surface area (Å²) in [5.74, 6) is 0.834. The molecule has 3 aromatic rings. The van der Waals surface area contributed by atoms with Gasteiger partial charge < -0.3 is 14.6 Å². The van der Waals surface area contributed by atoms with Crippen molar-refractivity contribution in [2.24, 2.45) is 0 Å². The lowest BCUT2D eigenvalue weighted by atomic mass is 10.2. The first kappa shape index (κ1) is 22.3. The van der Waals surface area contributed by atoms with Crippen LogP contribution in [-0.4, -0.2) is 43.9 Å². The van der Waals surface area contributed by atoms with Gasteiger partial charge in [-0.2, -0.15) is 4.98 Å². The summed E-state index contributed by atoms with van der Waals surface area (Å²) >= 11 is 0. The number of para-hydroxylation sites is 1. The molecule has 0 aliphatic carbocycles. The van der Waals surface area contributed by atoms with E-state index in [4.69, 9.17) is 9.26 Å². The first-order valence-electron chi connectivity index (χ1n) is 9.62. The summed E-state index contributed by atoms with van der Waals surface area (Å²) in [6.45, 7) is 1.73. The van der Waals surface area contributed by atoms with Crippen molar-refractivity contribution in [3.05, 3.63) is 60.5 Å². The van der Waals surface area contributed by atoms with Crippen LogP contribution in [0.3, 0.4) is 0 Å². The Kier molecular flexibility index (Phi) is 6.91. The zero-order valence-electron chi connectivity index (χ0n) is 17.5. The Balaban J connectivity index is 1.72. The fourth-order valence-corrected chi connectivity index (χ4v) is 4.31. The van der Waals surface area contributed by atoms with Crippen LogP contribution in [0.2, 0.25) is 0 Å². The van der Waals surface area contributed by atoms with Gasteiger partial charge in [0.1, 0.15) is 11.8 Å². The monoisotopic (exact) mass is 444 g/mol. The number of hydrogen-bond acceptors (Lipinski definition) is 7. The molecule has 164 valence electrons. The molecule has 1 N–H and O–H groups in total. The summed E-state index contributed by atoms with van der Waals surface area (Å²) < 4.78 is 36.3. The van der Waals surface area contributed by atoms with Gasteiger partial charge in [-0.3, -0.25) is 9.10 Å². The van der Waals surface area contributed by atoms with E-state index in [0.29, 0.717) is 17.3 Å². The second kappa shape index (κ2) is 9.61. The number of rotatable bonds is 9. The summed E-state index contributed by atoms with van der Waals surface area (Å²) in [5, 5.41) is 6.62. The van der Waals surface area contributed by atoms with Crippen LogP contribution in [0.25, 0.3) is 11.4 Å². The Morgan fingerprint density at radius 1 is 1.16 bits per heavy atom. The minimum atomic E-state index is -3.68. The smallest absolute Gasteiger partial charge is 0.246 e. The molecule has 3 rings (SSSR count). The number of benzene rings is 2. The average Bonchev–Trinajstić information content (AvgIpc) is 3.24. The minimum absolute atomic E-state index is 0.0229. The summed E-state index contributed by atoms with van der Waals surface area (Å²) in [7, 11) is -2.10. The van der Waals surface area contributed by atoms with Gasteiger partial charge in [0, 0.05) is 5.56 Å². The van der Waals surface area contributed by atoms with Gasteiger partial charge >= 0.3 is 0 Å². The van der Waals surface area contributed by atoms with E-state index in [0.717, 1.165) is 16.1 Å². The standard InChI is InChI=1S/C21H24N4O5S/c1-4-18(25(31(3,27)28)16-8-6-5-7-9-16)21(26)22-14-19-23-20(24-30-19)15-10-12-17(29-2)13-11-15/h5-13,18H,4,14H2,1-3H3,(H,22,26). The molecule has 1 unspecified atom stereocenters. The number of nitrogens with zero attached hydrogens (tertiary/aromatic N) is 3. The number of hydrogen-bond donors (Lipinski definition) is 1. The number of carbonyl (C=O) groups excluding carboxylic acids is 1. The molecule has 0 spiro atoms. The minimum Gasteiger partial charge on any atom is -0.497 e. The lowest BCUT2D eigenvalue weighted by Gasteiger charge is -2.29. The van der Waals surface area contributed by atoms with Gasteiger partial charge in [0.15, 0.2) is 0 Å². The molecule has 1 atom stereocenters.